The smallest absolute Gasteiger partial charge is 0.000394 e. The lowest BCUT2D eigenvalue weighted by molar-refractivity contribution is 0.333. The molecule has 0 unspecified atom stereocenters. The van der Waals surface area contributed by atoms with E-state index in [9.17, 15) is 0 Å². The fourth-order valence-electron chi connectivity index (χ4n) is 1.68. The lowest BCUT2D eigenvalue weighted by Crippen LogP contribution is -2.47. The normalized spacial score (nSPS) is 16.6. The van der Waals surface area contributed by atoms with Gasteiger partial charge < -0.3 is 10.6 Å². The molecule has 1 fully saturated rings. The van der Waals surface area contributed by atoms with Gasteiger partial charge in [-0.1, -0.05) is 30.3 Å². The second-order valence-electron chi connectivity index (χ2n) is 3.96. The van der Waals surface area contributed by atoms with E-state index in [0.29, 0.717) is 0 Å². The van der Waals surface area contributed by atoms with Gasteiger partial charge >= 0.3 is 0 Å². The summed E-state index contributed by atoms with van der Waals surface area (Å²) >= 11 is 0. The third kappa shape index (κ3) is 2.82. The summed E-state index contributed by atoms with van der Waals surface area (Å²) in [6, 6.07) is 10.6. The first-order chi connectivity index (χ1) is 6.95. The molecule has 0 aromatic heterocycles. The van der Waals surface area contributed by atoms with Crippen molar-refractivity contribution < 1.29 is 0 Å². The highest BCUT2D eigenvalue weighted by Crippen LogP contribution is 2.01. The van der Waals surface area contributed by atoms with Crippen LogP contribution in [0.2, 0.25) is 0 Å². The summed E-state index contributed by atoms with van der Waals surface area (Å²) in [5, 5.41) is 6.78. The van der Waals surface area contributed by atoms with Crippen molar-refractivity contribution in [2.75, 3.05) is 26.2 Å². The molecule has 0 aliphatic carbocycles. The number of benzene rings is 1. The number of nitrogens with one attached hydrogen (secondary N) is 2. The second-order valence-corrected chi connectivity index (χ2v) is 3.96. The summed E-state index contributed by atoms with van der Waals surface area (Å²) in [5.74, 6) is 0.866. The molecule has 1 aromatic rings. The molecule has 2 N–H and O–H groups in total. The van der Waals surface area contributed by atoms with E-state index in [1.54, 1.807) is 0 Å². The standard InChI is InChI=1S/C12H18N2/c1-2-4-11(5-3-1)6-7-13-8-12-9-14-10-12/h1-5,12-14H,6-10H2. The van der Waals surface area contributed by atoms with E-state index in [1.807, 2.05) is 0 Å². The fourth-order valence-corrected chi connectivity index (χ4v) is 1.68. The molecule has 1 saturated heterocycles. The fraction of sp³-hybridized carbons (Fsp3) is 0.500. The van der Waals surface area contributed by atoms with Gasteiger partial charge in [-0.3, -0.25) is 0 Å². The Hall–Kier alpha value is -0.860. The SMILES string of the molecule is c1ccc(CCNCC2CNC2)cc1. The topological polar surface area (TPSA) is 24.1 Å². The summed E-state index contributed by atoms with van der Waals surface area (Å²) in [5.41, 5.74) is 1.42. The Labute approximate surface area is 85.7 Å². The molecule has 0 atom stereocenters. The minimum absolute atomic E-state index is 0.866. The van der Waals surface area contributed by atoms with E-state index in [1.165, 1.54) is 25.2 Å². The van der Waals surface area contributed by atoms with Gasteiger partial charge in [0, 0.05) is 19.6 Å². The summed E-state index contributed by atoms with van der Waals surface area (Å²) < 4.78 is 0. The molecule has 2 nitrogen and oxygen atoms in total. The second kappa shape index (κ2) is 5.13. The predicted molar refractivity (Wildman–Crippen MR) is 59.4 cm³/mol. The zero-order valence-electron chi connectivity index (χ0n) is 8.50. The van der Waals surface area contributed by atoms with Crippen molar-refractivity contribution in [2.45, 2.75) is 6.42 Å². The molecule has 0 spiro atoms. The van der Waals surface area contributed by atoms with E-state index in [-0.39, 0.29) is 0 Å². The molecule has 1 aromatic carbocycles. The number of hydrogen-bond acceptors (Lipinski definition) is 2. The summed E-state index contributed by atoms with van der Waals surface area (Å²) in [6.45, 7) is 4.65. The van der Waals surface area contributed by atoms with Gasteiger partial charge in [0.1, 0.15) is 0 Å². The van der Waals surface area contributed by atoms with Crippen LogP contribution in [0.3, 0.4) is 0 Å². The third-order valence-corrected chi connectivity index (χ3v) is 2.73. The van der Waals surface area contributed by atoms with Crippen molar-refractivity contribution in [2.24, 2.45) is 5.92 Å². The first-order valence-corrected chi connectivity index (χ1v) is 5.40. The highest BCUT2D eigenvalue weighted by atomic mass is 15.0. The van der Waals surface area contributed by atoms with Crippen LogP contribution in [-0.2, 0) is 6.42 Å². The summed E-state index contributed by atoms with van der Waals surface area (Å²) in [4.78, 5) is 0. The van der Waals surface area contributed by atoms with E-state index >= 15 is 0 Å². The van der Waals surface area contributed by atoms with Gasteiger partial charge in [-0.05, 0) is 24.4 Å². The van der Waals surface area contributed by atoms with Crippen molar-refractivity contribution in [3.63, 3.8) is 0 Å². The van der Waals surface area contributed by atoms with Crippen molar-refractivity contribution in [1.29, 1.82) is 0 Å². The van der Waals surface area contributed by atoms with Crippen molar-refractivity contribution in [1.82, 2.24) is 10.6 Å². The Balaban J connectivity index is 1.58. The van der Waals surface area contributed by atoms with Crippen LogP contribution in [0.15, 0.2) is 30.3 Å². The maximum atomic E-state index is 3.50. The first-order valence-electron chi connectivity index (χ1n) is 5.40. The predicted octanol–water partition coefficient (Wildman–Crippen LogP) is 1.04. The largest absolute Gasteiger partial charge is 0.316 e. The van der Waals surface area contributed by atoms with E-state index in [2.05, 4.69) is 41.0 Å². The molecular weight excluding hydrogens is 172 g/mol. The van der Waals surface area contributed by atoms with Gasteiger partial charge in [-0.25, -0.2) is 0 Å². The molecular formula is C12H18N2. The Morgan fingerprint density at radius 3 is 2.64 bits per heavy atom. The molecule has 2 rings (SSSR count). The highest BCUT2D eigenvalue weighted by molar-refractivity contribution is 5.14. The minimum atomic E-state index is 0.866. The maximum Gasteiger partial charge on any atom is 0.000394 e. The third-order valence-electron chi connectivity index (χ3n) is 2.73. The van der Waals surface area contributed by atoms with Crippen LogP contribution < -0.4 is 10.6 Å². The molecule has 76 valence electrons. The average molecular weight is 190 g/mol. The molecule has 1 aliphatic rings. The molecule has 0 bridgehead atoms. The van der Waals surface area contributed by atoms with Gasteiger partial charge in [0.05, 0.1) is 0 Å². The van der Waals surface area contributed by atoms with Crippen molar-refractivity contribution in [3.8, 4) is 0 Å². The molecule has 0 saturated carbocycles. The van der Waals surface area contributed by atoms with E-state index < -0.39 is 0 Å². The van der Waals surface area contributed by atoms with Gasteiger partial charge in [-0.15, -0.1) is 0 Å². The Morgan fingerprint density at radius 1 is 1.21 bits per heavy atom. The Morgan fingerprint density at radius 2 is 2.00 bits per heavy atom. The lowest BCUT2D eigenvalue weighted by atomic mass is 10.0. The molecule has 2 heteroatoms. The summed E-state index contributed by atoms with van der Waals surface area (Å²) in [6.07, 6.45) is 1.14. The zero-order valence-corrected chi connectivity index (χ0v) is 8.50. The van der Waals surface area contributed by atoms with Crippen LogP contribution in [0.4, 0.5) is 0 Å². The van der Waals surface area contributed by atoms with Crippen LogP contribution in [0.1, 0.15) is 5.56 Å². The first kappa shape index (κ1) is 9.69. The van der Waals surface area contributed by atoms with Crippen LogP contribution in [0, 0.1) is 5.92 Å². The van der Waals surface area contributed by atoms with Crippen LogP contribution in [0.5, 0.6) is 0 Å². The van der Waals surface area contributed by atoms with Gasteiger partial charge in [0.15, 0.2) is 0 Å². The monoisotopic (exact) mass is 190 g/mol. The van der Waals surface area contributed by atoms with Crippen LogP contribution >= 0.6 is 0 Å². The quantitative estimate of drug-likeness (QED) is 0.678. The molecule has 0 radical (unpaired) electrons. The summed E-state index contributed by atoms with van der Waals surface area (Å²) in [7, 11) is 0. The zero-order chi connectivity index (χ0) is 9.64. The maximum absolute atomic E-state index is 3.50. The Kier molecular flexibility index (Phi) is 3.55. The Bertz CT molecular complexity index is 254. The number of hydrogen-bond donors (Lipinski definition) is 2. The van der Waals surface area contributed by atoms with Crippen LogP contribution in [-0.4, -0.2) is 26.2 Å². The minimum Gasteiger partial charge on any atom is -0.316 e. The molecule has 0 amide bonds. The van der Waals surface area contributed by atoms with Gasteiger partial charge in [0.25, 0.3) is 0 Å². The van der Waals surface area contributed by atoms with Crippen molar-refractivity contribution >= 4 is 0 Å². The molecule has 14 heavy (non-hydrogen) atoms. The van der Waals surface area contributed by atoms with Gasteiger partial charge in [-0.2, -0.15) is 0 Å². The number of rotatable bonds is 5. The van der Waals surface area contributed by atoms with Crippen LogP contribution in [0.25, 0.3) is 0 Å². The molecule has 1 aliphatic heterocycles. The van der Waals surface area contributed by atoms with E-state index in [4.69, 9.17) is 0 Å². The van der Waals surface area contributed by atoms with E-state index in [0.717, 1.165) is 18.9 Å². The van der Waals surface area contributed by atoms with Gasteiger partial charge in [0.2, 0.25) is 0 Å². The highest BCUT2D eigenvalue weighted by Gasteiger charge is 2.14. The molecule has 1 heterocycles. The lowest BCUT2D eigenvalue weighted by Gasteiger charge is -2.27. The van der Waals surface area contributed by atoms with Crippen molar-refractivity contribution in [3.05, 3.63) is 35.9 Å². The average Bonchev–Trinajstić information content (AvgIpc) is 2.16.